The predicted molar refractivity (Wildman–Crippen MR) is 60.7 cm³/mol. The topological polar surface area (TPSA) is 46.5 Å². The van der Waals surface area contributed by atoms with Crippen molar-refractivity contribution in [1.82, 2.24) is 0 Å². The number of hydrogen-bond acceptors (Lipinski definition) is 3. The van der Waals surface area contributed by atoms with Gasteiger partial charge in [0, 0.05) is 5.57 Å². The number of ether oxygens (including phenoxy) is 1. The van der Waals surface area contributed by atoms with Crippen molar-refractivity contribution in [2.45, 2.75) is 44.8 Å². The molecule has 3 nitrogen and oxygen atoms in total. The second-order valence-electron chi connectivity index (χ2n) is 4.88. The van der Waals surface area contributed by atoms with Gasteiger partial charge in [-0.3, -0.25) is 0 Å². The van der Waals surface area contributed by atoms with Gasteiger partial charge in [0.25, 0.3) is 0 Å². The zero-order valence-corrected chi connectivity index (χ0v) is 9.82. The molecule has 0 amide bonds. The lowest BCUT2D eigenvalue weighted by Gasteiger charge is -2.29. The van der Waals surface area contributed by atoms with Gasteiger partial charge in [-0.05, 0) is 37.7 Å². The summed E-state index contributed by atoms with van der Waals surface area (Å²) in [5, 5.41) is 10.4. The van der Waals surface area contributed by atoms with Crippen LogP contribution in [0.15, 0.2) is 23.8 Å². The van der Waals surface area contributed by atoms with Crippen LogP contribution in [0, 0.1) is 5.92 Å². The maximum atomic E-state index is 11.4. The number of carbonyl (C=O) groups excluding carboxylic acids is 1. The Kier molecular flexibility index (Phi) is 2.66. The first-order valence-corrected chi connectivity index (χ1v) is 5.74. The van der Waals surface area contributed by atoms with Gasteiger partial charge in [0.05, 0.1) is 5.60 Å². The van der Waals surface area contributed by atoms with Crippen LogP contribution in [0.3, 0.4) is 0 Å². The van der Waals surface area contributed by atoms with E-state index in [4.69, 9.17) is 4.74 Å². The molecular weight excluding hydrogens is 204 g/mol. The van der Waals surface area contributed by atoms with E-state index in [9.17, 15) is 9.90 Å². The molecular formula is C13H18O3. The van der Waals surface area contributed by atoms with Gasteiger partial charge in [0.1, 0.15) is 6.10 Å². The molecule has 0 aromatic heterocycles. The summed E-state index contributed by atoms with van der Waals surface area (Å²) in [6.45, 7) is 7.49. The van der Waals surface area contributed by atoms with E-state index in [0.29, 0.717) is 12.8 Å². The van der Waals surface area contributed by atoms with Gasteiger partial charge in [-0.25, -0.2) is 4.79 Å². The predicted octanol–water partition coefficient (Wildman–Crippen LogP) is 1.97. The highest BCUT2D eigenvalue weighted by molar-refractivity contribution is 5.91. The molecule has 0 radical (unpaired) electrons. The minimum absolute atomic E-state index is 0.0613. The summed E-state index contributed by atoms with van der Waals surface area (Å²) >= 11 is 0. The molecule has 1 N–H and O–H groups in total. The van der Waals surface area contributed by atoms with Crippen molar-refractivity contribution in [2.24, 2.45) is 5.92 Å². The average molecular weight is 222 g/mol. The molecule has 2 aliphatic rings. The maximum absolute atomic E-state index is 11.4. The van der Waals surface area contributed by atoms with E-state index in [-0.39, 0.29) is 18.0 Å². The largest absolute Gasteiger partial charge is 0.454 e. The van der Waals surface area contributed by atoms with Gasteiger partial charge in [-0.1, -0.05) is 13.0 Å². The van der Waals surface area contributed by atoms with Crippen LogP contribution >= 0.6 is 0 Å². The zero-order chi connectivity index (χ0) is 11.9. The highest BCUT2D eigenvalue weighted by atomic mass is 16.5. The van der Waals surface area contributed by atoms with E-state index in [1.807, 2.05) is 6.92 Å². The number of esters is 1. The third kappa shape index (κ3) is 1.59. The first-order chi connectivity index (χ1) is 7.48. The summed E-state index contributed by atoms with van der Waals surface area (Å²) in [7, 11) is 0. The Hall–Kier alpha value is -1.09. The van der Waals surface area contributed by atoms with Gasteiger partial charge in [-0.15, -0.1) is 6.58 Å². The maximum Gasteiger partial charge on any atom is 0.334 e. The van der Waals surface area contributed by atoms with Crippen LogP contribution in [0.1, 0.15) is 33.1 Å². The lowest BCUT2D eigenvalue weighted by molar-refractivity contribution is -0.140. The van der Waals surface area contributed by atoms with Crippen molar-refractivity contribution in [3.8, 4) is 0 Å². The van der Waals surface area contributed by atoms with Crippen molar-refractivity contribution in [3.05, 3.63) is 23.8 Å². The summed E-state index contributed by atoms with van der Waals surface area (Å²) in [4.78, 5) is 11.4. The van der Waals surface area contributed by atoms with Crippen LogP contribution in [0.4, 0.5) is 0 Å². The smallest absolute Gasteiger partial charge is 0.334 e. The van der Waals surface area contributed by atoms with Crippen molar-refractivity contribution in [1.29, 1.82) is 0 Å². The van der Waals surface area contributed by atoms with Crippen LogP contribution in [0.25, 0.3) is 0 Å². The molecule has 0 saturated heterocycles. The third-order valence-corrected chi connectivity index (χ3v) is 4.00. The molecule has 1 heterocycles. The summed E-state index contributed by atoms with van der Waals surface area (Å²) < 4.78 is 5.31. The Labute approximate surface area is 95.8 Å². The Balaban J connectivity index is 2.30. The zero-order valence-electron chi connectivity index (χ0n) is 9.82. The number of carbonyl (C=O) groups is 1. The Morgan fingerprint density at radius 3 is 2.94 bits per heavy atom. The lowest BCUT2D eigenvalue weighted by atomic mass is 9.84. The summed E-state index contributed by atoms with van der Waals surface area (Å²) in [6.07, 6.45) is 3.51. The second kappa shape index (κ2) is 3.74. The molecule has 0 aromatic rings. The molecule has 16 heavy (non-hydrogen) atoms. The summed E-state index contributed by atoms with van der Waals surface area (Å²) in [5.41, 5.74) is 0.962. The van der Waals surface area contributed by atoms with E-state index < -0.39 is 5.60 Å². The van der Waals surface area contributed by atoms with Crippen LogP contribution in [-0.4, -0.2) is 22.8 Å². The SMILES string of the molecule is C=C[C@@]1(O)CCC2=C(C)C(=O)O[C@@H]2C[C@@H]1C. The Morgan fingerprint density at radius 1 is 1.62 bits per heavy atom. The fourth-order valence-corrected chi connectivity index (χ4v) is 2.61. The Morgan fingerprint density at radius 2 is 2.31 bits per heavy atom. The molecule has 0 unspecified atom stereocenters. The van der Waals surface area contributed by atoms with E-state index in [0.717, 1.165) is 17.6 Å². The normalized spacial score (nSPS) is 39.1. The minimum atomic E-state index is -0.829. The number of hydrogen-bond donors (Lipinski definition) is 1. The molecule has 1 aliphatic carbocycles. The van der Waals surface area contributed by atoms with Gasteiger partial charge in [0.2, 0.25) is 0 Å². The van der Waals surface area contributed by atoms with Crippen molar-refractivity contribution in [3.63, 3.8) is 0 Å². The van der Waals surface area contributed by atoms with Crippen LogP contribution in [-0.2, 0) is 9.53 Å². The van der Waals surface area contributed by atoms with Crippen LogP contribution in [0.2, 0.25) is 0 Å². The molecule has 88 valence electrons. The summed E-state index contributed by atoms with van der Waals surface area (Å²) in [6, 6.07) is 0. The first-order valence-electron chi connectivity index (χ1n) is 5.74. The number of fused-ring (bicyclic) bond motifs is 1. The van der Waals surface area contributed by atoms with Gasteiger partial charge < -0.3 is 9.84 Å². The standard InChI is InChI=1S/C13H18O3/c1-4-13(15)6-5-10-9(3)12(14)16-11(10)7-8(13)2/h4,8,11,15H,1,5-7H2,2-3H3/t8-,11+,13+/m0/s1. The second-order valence-corrected chi connectivity index (χ2v) is 4.88. The fourth-order valence-electron chi connectivity index (χ4n) is 2.61. The molecule has 3 heteroatoms. The van der Waals surface area contributed by atoms with Gasteiger partial charge in [0.15, 0.2) is 0 Å². The average Bonchev–Trinajstić information content (AvgIpc) is 2.44. The minimum Gasteiger partial charge on any atom is -0.454 e. The molecule has 1 fully saturated rings. The highest BCUT2D eigenvalue weighted by Crippen LogP contribution is 2.40. The number of aliphatic hydroxyl groups is 1. The van der Waals surface area contributed by atoms with Crippen LogP contribution < -0.4 is 0 Å². The third-order valence-electron chi connectivity index (χ3n) is 4.00. The van der Waals surface area contributed by atoms with E-state index in [2.05, 4.69) is 6.58 Å². The Bertz CT molecular complexity index is 369. The molecule has 1 saturated carbocycles. The van der Waals surface area contributed by atoms with Crippen molar-refractivity contribution < 1.29 is 14.6 Å². The molecule has 0 bridgehead atoms. The van der Waals surface area contributed by atoms with Crippen molar-refractivity contribution >= 4 is 5.97 Å². The van der Waals surface area contributed by atoms with E-state index in [1.54, 1.807) is 13.0 Å². The van der Waals surface area contributed by atoms with Crippen LogP contribution in [0.5, 0.6) is 0 Å². The molecule has 0 aromatic carbocycles. The highest BCUT2D eigenvalue weighted by Gasteiger charge is 2.41. The molecule has 3 atom stereocenters. The molecule has 1 aliphatic heterocycles. The molecule has 0 spiro atoms. The van der Waals surface area contributed by atoms with E-state index in [1.165, 1.54) is 0 Å². The molecule has 2 rings (SSSR count). The van der Waals surface area contributed by atoms with E-state index >= 15 is 0 Å². The summed E-state index contributed by atoms with van der Waals surface area (Å²) in [5.74, 6) is -0.137. The van der Waals surface area contributed by atoms with Crippen molar-refractivity contribution in [2.75, 3.05) is 0 Å². The quantitative estimate of drug-likeness (QED) is 0.545. The number of rotatable bonds is 1. The fraction of sp³-hybridized carbons (Fsp3) is 0.615. The monoisotopic (exact) mass is 222 g/mol. The van der Waals surface area contributed by atoms with Gasteiger partial charge >= 0.3 is 5.97 Å². The lowest BCUT2D eigenvalue weighted by Crippen LogP contribution is -2.34. The van der Waals surface area contributed by atoms with Gasteiger partial charge in [-0.2, -0.15) is 0 Å². The first kappa shape index (κ1) is 11.4.